The van der Waals surface area contributed by atoms with Crippen molar-refractivity contribution >= 4 is 33.7 Å². The summed E-state index contributed by atoms with van der Waals surface area (Å²) in [7, 11) is 0. The molecule has 1 saturated heterocycles. The normalized spacial score (nSPS) is 18.1. The molecule has 2 heterocycles. The zero-order chi connectivity index (χ0) is 15.0. The highest BCUT2D eigenvalue weighted by Crippen LogP contribution is 2.25. The molecule has 0 spiro atoms. The Bertz CT molecular complexity index is 625. The Kier molecular flexibility index (Phi) is 3.77. The summed E-state index contributed by atoms with van der Waals surface area (Å²) < 4.78 is 5.91. The molecule has 3 amide bonds. The monoisotopic (exact) mass is 352 g/mol. The number of imide groups is 1. The summed E-state index contributed by atoms with van der Waals surface area (Å²) in [5, 5.41) is 0. The number of hydrogen-bond donors (Lipinski definition) is 0. The van der Waals surface area contributed by atoms with Crippen LogP contribution < -0.4 is 0 Å². The fourth-order valence-electron chi connectivity index (χ4n) is 2.45. The van der Waals surface area contributed by atoms with Gasteiger partial charge in [0.05, 0.1) is 24.3 Å². The summed E-state index contributed by atoms with van der Waals surface area (Å²) in [5.41, 5.74) is 0.683. The summed E-state index contributed by atoms with van der Waals surface area (Å²) in [6.45, 7) is 1.74. The van der Waals surface area contributed by atoms with Crippen molar-refractivity contribution in [3.05, 3.63) is 33.8 Å². The highest BCUT2D eigenvalue weighted by molar-refractivity contribution is 9.10. The average Bonchev–Trinajstić information content (AvgIpc) is 2.73. The van der Waals surface area contributed by atoms with E-state index in [1.54, 1.807) is 23.1 Å². The summed E-state index contributed by atoms with van der Waals surface area (Å²) in [4.78, 5) is 39.3. The number of fused-ring (bicyclic) bond motifs is 1. The Morgan fingerprint density at radius 2 is 1.81 bits per heavy atom. The molecule has 0 aromatic heterocycles. The maximum absolute atomic E-state index is 12.3. The SMILES string of the molecule is O=C(CN1C(=O)c2ccc(Br)cc2C1=O)N1CCOCC1. The molecule has 7 heteroatoms. The maximum atomic E-state index is 12.3. The molecule has 1 aromatic carbocycles. The maximum Gasteiger partial charge on any atom is 0.262 e. The number of hydrogen-bond acceptors (Lipinski definition) is 4. The number of nitrogens with zero attached hydrogens (tertiary/aromatic N) is 2. The number of morpholine rings is 1. The van der Waals surface area contributed by atoms with Crippen LogP contribution in [0.3, 0.4) is 0 Å². The molecule has 0 saturated carbocycles. The fourth-order valence-corrected chi connectivity index (χ4v) is 2.82. The molecule has 0 atom stereocenters. The lowest BCUT2D eigenvalue weighted by Crippen LogP contribution is -2.47. The molecule has 0 aliphatic carbocycles. The van der Waals surface area contributed by atoms with Crippen LogP contribution in [0.1, 0.15) is 20.7 Å². The van der Waals surface area contributed by atoms with Crippen LogP contribution in [0, 0.1) is 0 Å². The molecule has 1 aromatic rings. The number of amides is 3. The van der Waals surface area contributed by atoms with Crippen molar-refractivity contribution in [1.29, 1.82) is 0 Å². The standard InChI is InChI=1S/C14H13BrN2O4/c15-9-1-2-10-11(7-9)14(20)17(13(10)19)8-12(18)16-3-5-21-6-4-16/h1-2,7H,3-6,8H2. The van der Waals surface area contributed by atoms with Crippen molar-refractivity contribution < 1.29 is 19.1 Å². The summed E-state index contributed by atoms with van der Waals surface area (Å²) in [5.74, 6) is -1.06. The number of benzene rings is 1. The lowest BCUT2D eigenvalue weighted by Gasteiger charge is -2.28. The number of carbonyl (C=O) groups excluding carboxylic acids is 3. The van der Waals surface area contributed by atoms with Gasteiger partial charge in [-0.3, -0.25) is 19.3 Å². The Hall–Kier alpha value is -1.73. The first-order valence-electron chi connectivity index (χ1n) is 6.59. The Balaban J connectivity index is 1.77. The molecule has 0 radical (unpaired) electrons. The molecule has 2 aliphatic heterocycles. The van der Waals surface area contributed by atoms with Gasteiger partial charge in [0.2, 0.25) is 5.91 Å². The van der Waals surface area contributed by atoms with Crippen LogP contribution in [0.25, 0.3) is 0 Å². The van der Waals surface area contributed by atoms with Crippen LogP contribution in [0.4, 0.5) is 0 Å². The van der Waals surface area contributed by atoms with Gasteiger partial charge in [-0.15, -0.1) is 0 Å². The Labute approximate surface area is 129 Å². The third kappa shape index (κ3) is 2.58. The van der Waals surface area contributed by atoms with Crippen molar-refractivity contribution in [2.75, 3.05) is 32.8 Å². The second-order valence-corrected chi connectivity index (χ2v) is 5.80. The highest BCUT2D eigenvalue weighted by Gasteiger charge is 2.37. The van der Waals surface area contributed by atoms with E-state index in [1.165, 1.54) is 0 Å². The predicted octanol–water partition coefficient (Wildman–Crippen LogP) is 0.904. The van der Waals surface area contributed by atoms with Gasteiger partial charge in [0.1, 0.15) is 6.54 Å². The van der Waals surface area contributed by atoms with E-state index in [4.69, 9.17) is 4.74 Å². The van der Waals surface area contributed by atoms with Crippen LogP contribution in [-0.4, -0.2) is 60.4 Å². The predicted molar refractivity (Wildman–Crippen MR) is 76.9 cm³/mol. The summed E-state index contributed by atoms with van der Waals surface area (Å²) in [6, 6.07) is 4.91. The van der Waals surface area contributed by atoms with Gasteiger partial charge in [0, 0.05) is 17.6 Å². The molecular weight excluding hydrogens is 340 g/mol. The third-order valence-corrected chi connectivity index (χ3v) is 4.08. The van der Waals surface area contributed by atoms with Gasteiger partial charge in [-0.05, 0) is 18.2 Å². The second-order valence-electron chi connectivity index (χ2n) is 4.88. The number of carbonyl (C=O) groups is 3. The molecule has 0 bridgehead atoms. The van der Waals surface area contributed by atoms with Crippen LogP contribution >= 0.6 is 15.9 Å². The molecule has 21 heavy (non-hydrogen) atoms. The van der Waals surface area contributed by atoms with Crippen molar-refractivity contribution in [2.45, 2.75) is 0 Å². The topological polar surface area (TPSA) is 66.9 Å². The van der Waals surface area contributed by atoms with E-state index in [0.717, 1.165) is 9.37 Å². The van der Waals surface area contributed by atoms with E-state index in [2.05, 4.69) is 15.9 Å². The molecule has 0 N–H and O–H groups in total. The smallest absolute Gasteiger partial charge is 0.262 e. The van der Waals surface area contributed by atoms with Gasteiger partial charge in [0.25, 0.3) is 11.8 Å². The van der Waals surface area contributed by atoms with E-state index in [1.807, 2.05) is 0 Å². The lowest BCUT2D eigenvalue weighted by molar-refractivity contribution is -0.135. The van der Waals surface area contributed by atoms with Gasteiger partial charge in [-0.2, -0.15) is 0 Å². The molecule has 3 rings (SSSR count). The average molecular weight is 353 g/mol. The van der Waals surface area contributed by atoms with Crippen molar-refractivity contribution in [3.8, 4) is 0 Å². The van der Waals surface area contributed by atoms with E-state index in [-0.39, 0.29) is 12.5 Å². The van der Waals surface area contributed by atoms with E-state index in [9.17, 15) is 14.4 Å². The third-order valence-electron chi connectivity index (χ3n) is 3.59. The summed E-state index contributed by atoms with van der Waals surface area (Å²) >= 11 is 3.27. The van der Waals surface area contributed by atoms with Crippen LogP contribution in [0.2, 0.25) is 0 Å². The van der Waals surface area contributed by atoms with Crippen LogP contribution in [0.15, 0.2) is 22.7 Å². The molecule has 0 unspecified atom stereocenters. The lowest BCUT2D eigenvalue weighted by atomic mass is 10.1. The van der Waals surface area contributed by atoms with Gasteiger partial charge < -0.3 is 9.64 Å². The zero-order valence-electron chi connectivity index (χ0n) is 11.2. The quantitative estimate of drug-likeness (QED) is 0.742. The minimum Gasteiger partial charge on any atom is -0.378 e. The minimum atomic E-state index is -0.419. The van der Waals surface area contributed by atoms with E-state index >= 15 is 0 Å². The number of ether oxygens (including phenoxy) is 1. The van der Waals surface area contributed by atoms with Crippen LogP contribution in [-0.2, 0) is 9.53 Å². The molecule has 110 valence electrons. The first-order valence-corrected chi connectivity index (χ1v) is 7.38. The largest absolute Gasteiger partial charge is 0.378 e. The van der Waals surface area contributed by atoms with Crippen LogP contribution in [0.5, 0.6) is 0 Å². The van der Waals surface area contributed by atoms with E-state index in [0.29, 0.717) is 37.4 Å². The van der Waals surface area contributed by atoms with Crippen molar-refractivity contribution in [1.82, 2.24) is 9.80 Å². The molecular formula is C14H13BrN2O4. The first kappa shape index (κ1) is 14.2. The van der Waals surface area contributed by atoms with Gasteiger partial charge in [0.15, 0.2) is 0 Å². The van der Waals surface area contributed by atoms with Crippen molar-refractivity contribution in [3.63, 3.8) is 0 Å². The summed E-state index contributed by atoms with van der Waals surface area (Å²) in [6.07, 6.45) is 0. The van der Waals surface area contributed by atoms with Gasteiger partial charge in [-0.1, -0.05) is 15.9 Å². The second kappa shape index (κ2) is 5.57. The van der Waals surface area contributed by atoms with Gasteiger partial charge in [-0.25, -0.2) is 0 Å². The minimum absolute atomic E-state index is 0.218. The Morgan fingerprint density at radius 1 is 1.14 bits per heavy atom. The fraction of sp³-hybridized carbons (Fsp3) is 0.357. The number of rotatable bonds is 2. The molecule has 1 fully saturated rings. The zero-order valence-corrected chi connectivity index (χ0v) is 12.8. The van der Waals surface area contributed by atoms with Gasteiger partial charge >= 0.3 is 0 Å². The van der Waals surface area contributed by atoms with Crippen molar-refractivity contribution in [2.24, 2.45) is 0 Å². The molecule has 6 nitrogen and oxygen atoms in total. The van der Waals surface area contributed by atoms with E-state index < -0.39 is 11.8 Å². The highest BCUT2D eigenvalue weighted by atomic mass is 79.9. The Morgan fingerprint density at radius 3 is 2.52 bits per heavy atom. The number of halogens is 1. The molecule has 2 aliphatic rings. The first-order chi connectivity index (χ1) is 10.1.